The first kappa shape index (κ1) is 19.5. The Hall–Kier alpha value is -3.21. The van der Waals surface area contributed by atoms with Gasteiger partial charge in [0.15, 0.2) is 0 Å². The molecule has 3 aromatic rings. The number of carbonyl (C=O) groups excluding carboxylic acids is 1. The number of nitrogens with one attached hydrogen (secondary N) is 1. The first-order valence-corrected chi connectivity index (χ1v) is 9.39. The third-order valence-electron chi connectivity index (χ3n) is 4.80. The highest BCUT2D eigenvalue weighted by atomic mass is 16.1. The number of hydrogen-bond donors (Lipinski definition) is 1. The number of nitrogens with zero attached hydrogens (tertiary/aromatic N) is 3. The third kappa shape index (κ3) is 4.74. The Morgan fingerprint density at radius 1 is 1.04 bits per heavy atom. The largest absolute Gasteiger partial charge is 0.359 e. The lowest BCUT2D eigenvalue weighted by molar-refractivity contribution is 0.102. The number of hydrogen-bond acceptors (Lipinski definition) is 4. The average molecular weight is 374 g/mol. The van der Waals surface area contributed by atoms with E-state index >= 15 is 0 Å². The predicted octanol–water partition coefficient (Wildman–Crippen LogP) is 4.33. The summed E-state index contributed by atoms with van der Waals surface area (Å²) in [5, 5.41) is 3.02. The molecule has 5 heteroatoms. The van der Waals surface area contributed by atoms with Gasteiger partial charge < -0.3 is 10.2 Å². The van der Waals surface area contributed by atoms with Gasteiger partial charge in [-0.05, 0) is 68.1 Å². The molecule has 1 aromatic carbocycles. The maximum absolute atomic E-state index is 12.6. The minimum absolute atomic E-state index is 0.145. The number of rotatable bonds is 6. The number of amides is 1. The zero-order chi connectivity index (χ0) is 20.1. The van der Waals surface area contributed by atoms with Crippen molar-refractivity contribution in [2.75, 3.05) is 23.8 Å². The summed E-state index contributed by atoms with van der Waals surface area (Å²) in [4.78, 5) is 23.2. The summed E-state index contributed by atoms with van der Waals surface area (Å²) >= 11 is 0. The van der Waals surface area contributed by atoms with E-state index in [0.717, 1.165) is 35.6 Å². The molecule has 5 nitrogen and oxygen atoms in total. The zero-order valence-electron chi connectivity index (χ0n) is 16.9. The molecule has 1 amide bonds. The van der Waals surface area contributed by atoms with Gasteiger partial charge in [-0.15, -0.1) is 0 Å². The molecule has 3 rings (SSSR count). The minimum Gasteiger partial charge on any atom is -0.359 e. The minimum atomic E-state index is -0.145. The summed E-state index contributed by atoms with van der Waals surface area (Å²) in [5.74, 6) is 0.696. The lowest BCUT2D eigenvalue weighted by Gasteiger charge is -2.18. The molecule has 0 fully saturated rings. The summed E-state index contributed by atoms with van der Waals surface area (Å²) in [6.45, 7) is 6.91. The topological polar surface area (TPSA) is 58.1 Å². The molecule has 2 heterocycles. The van der Waals surface area contributed by atoms with Crippen LogP contribution in [-0.4, -0.2) is 29.5 Å². The SMILES string of the molecule is Cc1cc(C)c(NC(=O)c2ccc(N(C)CCc3ccncc3)nc2)c(C)c1. The molecule has 28 heavy (non-hydrogen) atoms. The maximum Gasteiger partial charge on any atom is 0.257 e. The van der Waals surface area contributed by atoms with Crippen molar-refractivity contribution in [1.29, 1.82) is 0 Å². The molecule has 0 unspecified atom stereocenters. The average Bonchev–Trinajstić information content (AvgIpc) is 2.69. The fourth-order valence-corrected chi connectivity index (χ4v) is 3.27. The lowest BCUT2D eigenvalue weighted by Crippen LogP contribution is -2.22. The van der Waals surface area contributed by atoms with Crippen molar-refractivity contribution in [2.45, 2.75) is 27.2 Å². The van der Waals surface area contributed by atoms with E-state index in [-0.39, 0.29) is 5.91 Å². The highest BCUT2D eigenvalue weighted by Crippen LogP contribution is 2.22. The summed E-state index contributed by atoms with van der Waals surface area (Å²) in [7, 11) is 2.00. The Balaban J connectivity index is 1.64. The summed E-state index contributed by atoms with van der Waals surface area (Å²) in [5.41, 5.74) is 5.97. The Morgan fingerprint density at radius 3 is 2.32 bits per heavy atom. The van der Waals surface area contributed by atoms with Crippen molar-refractivity contribution in [3.63, 3.8) is 0 Å². The monoisotopic (exact) mass is 374 g/mol. The molecule has 0 aliphatic carbocycles. The van der Waals surface area contributed by atoms with E-state index in [9.17, 15) is 4.79 Å². The second-order valence-corrected chi connectivity index (χ2v) is 7.16. The van der Waals surface area contributed by atoms with E-state index in [1.54, 1.807) is 18.6 Å². The number of aromatic nitrogens is 2. The van der Waals surface area contributed by atoms with E-state index in [2.05, 4.69) is 39.2 Å². The van der Waals surface area contributed by atoms with E-state index < -0.39 is 0 Å². The fraction of sp³-hybridized carbons (Fsp3) is 0.261. The van der Waals surface area contributed by atoms with Crippen molar-refractivity contribution >= 4 is 17.4 Å². The normalized spacial score (nSPS) is 10.6. The highest BCUT2D eigenvalue weighted by molar-refractivity contribution is 6.05. The molecule has 1 N–H and O–H groups in total. The van der Waals surface area contributed by atoms with Gasteiger partial charge in [0.05, 0.1) is 5.56 Å². The second kappa shape index (κ2) is 8.65. The maximum atomic E-state index is 12.6. The van der Waals surface area contributed by atoms with Gasteiger partial charge in [-0.2, -0.15) is 0 Å². The molecular formula is C23H26N4O. The molecule has 0 aliphatic heterocycles. The van der Waals surface area contributed by atoms with Crippen LogP contribution in [0.15, 0.2) is 55.0 Å². The number of likely N-dealkylation sites (N-methyl/N-ethyl adjacent to an activating group) is 1. The number of aryl methyl sites for hydroxylation is 3. The van der Waals surface area contributed by atoms with Crippen LogP contribution in [0.1, 0.15) is 32.6 Å². The first-order valence-electron chi connectivity index (χ1n) is 9.39. The number of carbonyl (C=O) groups is 1. The van der Waals surface area contributed by atoms with Crippen LogP contribution in [0.25, 0.3) is 0 Å². The van der Waals surface area contributed by atoms with Crippen molar-refractivity contribution < 1.29 is 4.79 Å². The van der Waals surface area contributed by atoms with Gasteiger partial charge in [0, 0.05) is 37.9 Å². The van der Waals surface area contributed by atoms with Crippen LogP contribution in [0, 0.1) is 20.8 Å². The second-order valence-electron chi connectivity index (χ2n) is 7.16. The van der Waals surface area contributed by atoms with Crippen molar-refractivity contribution in [3.8, 4) is 0 Å². The van der Waals surface area contributed by atoms with Gasteiger partial charge in [-0.3, -0.25) is 9.78 Å². The first-order chi connectivity index (χ1) is 13.4. The molecule has 0 bridgehead atoms. The van der Waals surface area contributed by atoms with Crippen molar-refractivity contribution in [1.82, 2.24) is 9.97 Å². The molecule has 0 saturated heterocycles. The highest BCUT2D eigenvalue weighted by Gasteiger charge is 2.12. The third-order valence-corrected chi connectivity index (χ3v) is 4.80. The molecule has 2 aromatic heterocycles. The van der Waals surface area contributed by atoms with Gasteiger partial charge in [0.1, 0.15) is 5.82 Å². The van der Waals surface area contributed by atoms with Crippen LogP contribution < -0.4 is 10.2 Å². The van der Waals surface area contributed by atoms with Crippen molar-refractivity contribution in [2.24, 2.45) is 0 Å². The van der Waals surface area contributed by atoms with Crippen LogP contribution in [0.2, 0.25) is 0 Å². The molecule has 0 aliphatic rings. The van der Waals surface area contributed by atoms with Crippen LogP contribution in [0.3, 0.4) is 0 Å². The predicted molar refractivity (Wildman–Crippen MR) is 114 cm³/mol. The number of pyridine rings is 2. The van der Waals surface area contributed by atoms with E-state index in [4.69, 9.17) is 0 Å². The summed E-state index contributed by atoms with van der Waals surface area (Å²) in [6.07, 6.45) is 6.15. The smallest absolute Gasteiger partial charge is 0.257 e. The van der Waals surface area contributed by atoms with Gasteiger partial charge in [-0.25, -0.2) is 4.98 Å². The standard InChI is InChI=1S/C23H26N4O/c1-16-13-17(2)22(18(3)14-16)26-23(28)20-5-6-21(25-15-20)27(4)12-9-19-7-10-24-11-8-19/h5-8,10-11,13-15H,9,12H2,1-4H3,(H,26,28). The van der Waals surface area contributed by atoms with Crippen LogP contribution in [-0.2, 0) is 6.42 Å². The molecule has 144 valence electrons. The molecule has 0 radical (unpaired) electrons. The van der Waals surface area contributed by atoms with E-state index in [1.807, 2.05) is 45.2 Å². The molecular weight excluding hydrogens is 348 g/mol. The molecule has 0 atom stereocenters. The Kier molecular flexibility index (Phi) is 6.04. The quantitative estimate of drug-likeness (QED) is 0.698. The summed E-state index contributed by atoms with van der Waals surface area (Å²) < 4.78 is 0. The fourth-order valence-electron chi connectivity index (χ4n) is 3.27. The Morgan fingerprint density at radius 2 is 1.71 bits per heavy atom. The Bertz CT molecular complexity index is 929. The van der Waals surface area contributed by atoms with E-state index in [0.29, 0.717) is 5.56 Å². The number of benzene rings is 1. The molecule has 0 spiro atoms. The molecule has 0 saturated carbocycles. The number of anilines is 2. The zero-order valence-corrected chi connectivity index (χ0v) is 16.9. The van der Waals surface area contributed by atoms with Crippen molar-refractivity contribution in [3.05, 3.63) is 82.8 Å². The van der Waals surface area contributed by atoms with Gasteiger partial charge in [-0.1, -0.05) is 17.7 Å². The Labute approximate surface area is 166 Å². The summed E-state index contributed by atoms with van der Waals surface area (Å²) in [6, 6.07) is 11.9. The van der Waals surface area contributed by atoms with Crippen LogP contribution >= 0.6 is 0 Å². The van der Waals surface area contributed by atoms with E-state index in [1.165, 1.54) is 11.1 Å². The van der Waals surface area contributed by atoms with Crippen LogP contribution in [0.5, 0.6) is 0 Å². The van der Waals surface area contributed by atoms with Crippen LogP contribution in [0.4, 0.5) is 11.5 Å². The lowest BCUT2D eigenvalue weighted by atomic mass is 10.0. The van der Waals surface area contributed by atoms with Gasteiger partial charge in [0.25, 0.3) is 5.91 Å². The van der Waals surface area contributed by atoms with Gasteiger partial charge in [0.2, 0.25) is 0 Å². The van der Waals surface area contributed by atoms with Gasteiger partial charge >= 0.3 is 0 Å².